The second kappa shape index (κ2) is 7.75. The summed E-state index contributed by atoms with van der Waals surface area (Å²) in [5, 5.41) is 9.14. The lowest BCUT2D eigenvalue weighted by molar-refractivity contribution is -0.154. The summed E-state index contributed by atoms with van der Waals surface area (Å²) in [4.78, 5) is 25.5. The molecule has 2 rings (SSSR count). The van der Waals surface area contributed by atoms with Crippen LogP contribution in [0.2, 0.25) is 0 Å². The number of nitrogens with zero attached hydrogens (tertiary/aromatic N) is 1. The van der Waals surface area contributed by atoms with Crippen molar-refractivity contribution in [3.8, 4) is 0 Å². The number of amides is 1. The van der Waals surface area contributed by atoms with Gasteiger partial charge in [-0.2, -0.15) is 0 Å². The third-order valence-corrected chi connectivity index (χ3v) is 4.37. The maximum Gasteiger partial charge on any atom is 0.308 e. The average Bonchev–Trinajstić information content (AvgIpc) is 2.53. The molecule has 120 valence electrons. The third-order valence-electron chi connectivity index (χ3n) is 4.37. The highest BCUT2D eigenvalue weighted by Gasteiger charge is 2.36. The van der Waals surface area contributed by atoms with E-state index in [1.165, 1.54) is 0 Å². The number of piperidine rings is 1. The van der Waals surface area contributed by atoms with Crippen molar-refractivity contribution in [2.45, 2.75) is 38.7 Å². The smallest absolute Gasteiger partial charge is 0.308 e. The number of carboxylic acids is 1. The summed E-state index contributed by atoms with van der Waals surface area (Å²) in [7, 11) is 0. The van der Waals surface area contributed by atoms with E-state index >= 15 is 0 Å². The highest BCUT2D eigenvalue weighted by atomic mass is 16.5. The Balaban J connectivity index is 2.01. The summed E-state index contributed by atoms with van der Waals surface area (Å²) < 4.78 is 11.0. The Bertz CT molecular complexity index is 367. The van der Waals surface area contributed by atoms with Gasteiger partial charge in [0.2, 0.25) is 0 Å². The van der Waals surface area contributed by atoms with Crippen molar-refractivity contribution in [3.63, 3.8) is 0 Å². The summed E-state index contributed by atoms with van der Waals surface area (Å²) in [5.74, 6) is -1.13. The van der Waals surface area contributed by atoms with E-state index in [4.69, 9.17) is 14.6 Å². The van der Waals surface area contributed by atoms with Gasteiger partial charge in [0.05, 0.1) is 5.92 Å². The van der Waals surface area contributed by atoms with Gasteiger partial charge in [0.25, 0.3) is 5.91 Å². The van der Waals surface area contributed by atoms with E-state index in [0.29, 0.717) is 39.3 Å². The number of ether oxygens (including phenoxy) is 2. The third kappa shape index (κ3) is 4.17. The van der Waals surface area contributed by atoms with Crippen molar-refractivity contribution in [2.75, 3.05) is 32.9 Å². The lowest BCUT2D eigenvalue weighted by atomic mass is 9.91. The zero-order valence-electron chi connectivity index (χ0n) is 12.6. The standard InChI is InChI=1S/C15H25NO5/c1-2-21-13(11-5-8-20-9-6-11)14(17)16-7-3-4-12(10-16)15(18)19/h11-13H,2-10H2,1H3,(H,18,19). The summed E-state index contributed by atoms with van der Waals surface area (Å²) >= 11 is 0. The minimum atomic E-state index is -0.813. The van der Waals surface area contributed by atoms with Crippen LogP contribution in [0.4, 0.5) is 0 Å². The van der Waals surface area contributed by atoms with Gasteiger partial charge in [0.15, 0.2) is 0 Å². The lowest BCUT2D eigenvalue weighted by Gasteiger charge is -2.36. The molecule has 2 fully saturated rings. The van der Waals surface area contributed by atoms with Crippen molar-refractivity contribution in [3.05, 3.63) is 0 Å². The maximum absolute atomic E-state index is 12.7. The first-order valence-electron chi connectivity index (χ1n) is 7.84. The van der Waals surface area contributed by atoms with Gasteiger partial charge in [-0.3, -0.25) is 9.59 Å². The van der Waals surface area contributed by atoms with E-state index in [0.717, 1.165) is 19.3 Å². The van der Waals surface area contributed by atoms with Crippen molar-refractivity contribution in [2.24, 2.45) is 11.8 Å². The summed E-state index contributed by atoms with van der Waals surface area (Å²) in [5.41, 5.74) is 0. The topological polar surface area (TPSA) is 76.1 Å². The van der Waals surface area contributed by atoms with Crippen molar-refractivity contribution in [1.82, 2.24) is 4.90 Å². The average molecular weight is 299 g/mol. The van der Waals surface area contributed by atoms with Gasteiger partial charge in [-0.1, -0.05) is 0 Å². The fourth-order valence-electron chi connectivity index (χ4n) is 3.17. The SMILES string of the molecule is CCOC(C(=O)N1CCCC(C(=O)O)C1)C1CCOCC1. The van der Waals surface area contributed by atoms with Crippen LogP contribution in [-0.2, 0) is 19.1 Å². The number of carbonyl (C=O) groups is 2. The Labute approximate surface area is 125 Å². The van der Waals surface area contributed by atoms with Crippen LogP contribution in [0, 0.1) is 11.8 Å². The van der Waals surface area contributed by atoms with Crippen LogP contribution in [0.5, 0.6) is 0 Å². The van der Waals surface area contributed by atoms with Crippen LogP contribution in [0.25, 0.3) is 0 Å². The van der Waals surface area contributed by atoms with Crippen molar-refractivity contribution < 1.29 is 24.2 Å². The Hall–Kier alpha value is -1.14. The monoisotopic (exact) mass is 299 g/mol. The summed E-state index contributed by atoms with van der Waals surface area (Å²) in [6.07, 6.45) is 2.59. The van der Waals surface area contributed by atoms with Crippen molar-refractivity contribution in [1.29, 1.82) is 0 Å². The molecule has 0 aromatic carbocycles. The van der Waals surface area contributed by atoms with Crippen molar-refractivity contribution >= 4 is 11.9 Å². The summed E-state index contributed by atoms with van der Waals surface area (Å²) in [6.45, 7) is 4.65. The number of hydrogen-bond acceptors (Lipinski definition) is 4. The van der Waals surface area contributed by atoms with E-state index in [-0.39, 0.29) is 11.8 Å². The predicted octanol–water partition coefficient (Wildman–Crippen LogP) is 1.14. The zero-order valence-corrected chi connectivity index (χ0v) is 12.6. The maximum atomic E-state index is 12.7. The molecule has 2 atom stereocenters. The fraction of sp³-hybridized carbons (Fsp3) is 0.867. The number of carboxylic acid groups (broad SMARTS) is 1. The molecule has 0 aromatic rings. The Morgan fingerprint density at radius 3 is 2.67 bits per heavy atom. The van der Waals surface area contributed by atoms with Gasteiger partial charge in [0.1, 0.15) is 6.10 Å². The molecular formula is C15H25NO5. The Morgan fingerprint density at radius 2 is 2.05 bits per heavy atom. The summed E-state index contributed by atoms with van der Waals surface area (Å²) in [6, 6.07) is 0. The molecule has 21 heavy (non-hydrogen) atoms. The first-order valence-corrected chi connectivity index (χ1v) is 7.84. The van der Waals surface area contributed by atoms with Gasteiger partial charge in [-0.05, 0) is 38.5 Å². The van der Waals surface area contributed by atoms with Gasteiger partial charge in [0, 0.05) is 32.9 Å². The van der Waals surface area contributed by atoms with Crippen LogP contribution in [0.15, 0.2) is 0 Å². The molecule has 2 aliphatic rings. The molecule has 2 aliphatic heterocycles. The molecule has 6 nitrogen and oxygen atoms in total. The van der Waals surface area contributed by atoms with Gasteiger partial charge in [-0.25, -0.2) is 0 Å². The van der Waals surface area contributed by atoms with Crippen LogP contribution in [0.1, 0.15) is 32.6 Å². The van der Waals surface area contributed by atoms with Crippen LogP contribution >= 0.6 is 0 Å². The Kier molecular flexibility index (Phi) is 5.99. The molecule has 1 amide bonds. The minimum absolute atomic E-state index is 0.0466. The predicted molar refractivity (Wildman–Crippen MR) is 75.9 cm³/mol. The van der Waals surface area contributed by atoms with E-state index in [1.54, 1.807) is 4.90 Å². The molecule has 6 heteroatoms. The van der Waals surface area contributed by atoms with Crippen LogP contribution < -0.4 is 0 Å². The van der Waals surface area contributed by atoms with E-state index < -0.39 is 18.0 Å². The Morgan fingerprint density at radius 1 is 1.33 bits per heavy atom. The highest BCUT2D eigenvalue weighted by molar-refractivity contribution is 5.82. The molecule has 0 aliphatic carbocycles. The van der Waals surface area contributed by atoms with Crippen LogP contribution in [-0.4, -0.2) is 60.9 Å². The normalized spacial score (nSPS) is 25.6. The highest BCUT2D eigenvalue weighted by Crippen LogP contribution is 2.25. The second-order valence-corrected chi connectivity index (χ2v) is 5.79. The first kappa shape index (κ1) is 16.2. The molecule has 2 heterocycles. The van der Waals surface area contributed by atoms with E-state index in [2.05, 4.69) is 0 Å². The molecule has 2 saturated heterocycles. The van der Waals surface area contributed by atoms with Gasteiger partial charge < -0.3 is 19.5 Å². The molecule has 0 saturated carbocycles. The van der Waals surface area contributed by atoms with Gasteiger partial charge >= 0.3 is 5.97 Å². The first-order chi connectivity index (χ1) is 10.1. The molecule has 0 radical (unpaired) electrons. The molecule has 0 aromatic heterocycles. The molecule has 1 N–H and O–H groups in total. The molecule has 2 unspecified atom stereocenters. The zero-order chi connectivity index (χ0) is 15.2. The number of hydrogen-bond donors (Lipinski definition) is 1. The van der Waals surface area contributed by atoms with E-state index in [1.807, 2.05) is 6.92 Å². The lowest BCUT2D eigenvalue weighted by Crippen LogP contribution is -2.50. The van der Waals surface area contributed by atoms with E-state index in [9.17, 15) is 9.59 Å². The number of carbonyl (C=O) groups excluding carboxylic acids is 1. The van der Waals surface area contributed by atoms with Gasteiger partial charge in [-0.15, -0.1) is 0 Å². The molecular weight excluding hydrogens is 274 g/mol. The van der Waals surface area contributed by atoms with Crippen LogP contribution in [0.3, 0.4) is 0 Å². The second-order valence-electron chi connectivity index (χ2n) is 5.79. The largest absolute Gasteiger partial charge is 0.481 e. The molecule has 0 spiro atoms. The quantitative estimate of drug-likeness (QED) is 0.824. The number of rotatable bonds is 5. The minimum Gasteiger partial charge on any atom is -0.481 e. The number of likely N-dealkylation sites (tertiary alicyclic amines) is 1. The fourth-order valence-corrected chi connectivity index (χ4v) is 3.17. The molecule has 0 bridgehead atoms. The number of aliphatic carboxylic acids is 1.